The second kappa shape index (κ2) is 4.84. The van der Waals surface area contributed by atoms with Gasteiger partial charge in [-0.3, -0.25) is 4.79 Å². The molecule has 102 valence electrons. The average molecular weight is 250 g/mol. The molecule has 3 atom stereocenters. The highest BCUT2D eigenvalue weighted by atomic mass is 16.2. The number of hydrogen-bond acceptors (Lipinski definition) is 2. The Morgan fingerprint density at radius 2 is 2.06 bits per heavy atom. The van der Waals surface area contributed by atoms with Crippen LogP contribution in [0.1, 0.15) is 64.7 Å². The molecule has 3 fully saturated rings. The maximum absolute atomic E-state index is 12.4. The smallest absolute Gasteiger partial charge is 0.237 e. The minimum absolute atomic E-state index is 0.0853. The fourth-order valence-electron chi connectivity index (χ4n) is 4.04. The van der Waals surface area contributed by atoms with Gasteiger partial charge in [0.2, 0.25) is 5.91 Å². The van der Waals surface area contributed by atoms with Crippen LogP contribution in [0.2, 0.25) is 0 Å². The summed E-state index contributed by atoms with van der Waals surface area (Å²) in [7, 11) is 0. The first kappa shape index (κ1) is 12.5. The minimum atomic E-state index is 0.0853. The minimum Gasteiger partial charge on any atom is -0.349 e. The molecule has 0 aromatic carbocycles. The van der Waals surface area contributed by atoms with Gasteiger partial charge in [-0.2, -0.15) is 0 Å². The maximum atomic E-state index is 12.4. The van der Waals surface area contributed by atoms with E-state index in [9.17, 15) is 4.79 Å². The van der Waals surface area contributed by atoms with Crippen molar-refractivity contribution in [2.75, 3.05) is 0 Å². The third-order valence-electron chi connectivity index (χ3n) is 5.56. The summed E-state index contributed by atoms with van der Waals surface area (Å²) in [6.07, 6.45) is 11.1. The molecular weight excluding hydrogens is 224 g/mol. The molecule has 3 aliphatic rings. The largest absolute Gasteiger partial charge is 0.349 e. The summed E-state index contributed by atoms with van der Waals surface area (Å²) >= 11 is 0. The van der Waals surface area contributed by atoms with Gasteiger partial charge in [0.1, 0.15) is 0 Å². The van der Waals surface area contributed by atoms with E-state index in [0.717, 1.165) is 18.8 Å². The highest BCUT2D eigenvalue weighted by Crippen LogP contribution is 2.36. The van der Waals surface area contributed by atoms with Gasteiger partial charge in [-0.25, -0.2) is 0 Å². The van der Waals surface area contributed by atoms with Crippen LogP contribution in [-0.2, 0) is 4.79 Å². The Hall–Kier alpha value is -0.570. The molecule has 3 rings (SSSR count). The van der Waals surface area contributed by atoms with Crippen LogP contribution in [0.15, 0.2) is 0 Å². The van der Waals surface area contributed by atoms with E-state index in [1.54, 1.807) is 0 Å². The lowest BCUT2D eigenvalue weighted by molar-refractivity contribution is -0.126. The standard InChI is InChI=1S/C15H26N2O/c1-2-15(8-5-9-15)17-14(18)13-10-11-6-3-4-7-12(11)16-13/h11-13,16H,2-10H2,1H3,(H,17,18). The van der Waals surface area contributed by atoms with Crippen molar-refractivity contribution in [2.24, 2.45) is 5.92 Å². The average Bonchev–Trinajstić information content (AvgIpc) is 2.77. The van der Waals surface area contributed by atoms with Crippen molar-refractivity contribution in [2.45, 2.75) is 82.3 Å². The summed E-state index contributed by atoms with van der Waals surface area (Å²) in [6.45, 7) is 2.20. The first-order valence-electron chi connectivity index (χ1n) is 7.80. The Morgan fingerprint density at radius 3 is 2.67 bits per heavy atom. The fraction of sp³-hybridized carbons (Fsp3) is 0.933. The van der Waals surface area contributed by atoms with E-state index in [2.05, 4.69) is 17.6 Å². The predicted molar refractivity (Wildman–Crippen MR) is 72.3 cm³/mol. The molecule has 0 radical (unpaired) electrons. The first-order valence-corrected chi connectivity index (χ1v) is 7.80. The lowest BCUT2D eigenvalue weighted by atomic mass is 9.74. The zero-order valence-corrected chi connectivity index (χ0v) is 11.5. The van der Waals surface area contributed by atoms with Gasteiger partial charge >= 0.3 is 0 Å². The monoisotopic (exact) mass is 250 g/mol. The van der Waals surface area contributed by atoms with Crippen LogP contribution in [0.4, 0.5) is 0 Å². The fourth-order valence-corrected chi connectivity index (χ4v) is 4.04. The summed E-state index contributed by atoms with van der Waals surface area (Å²) in [6, 6.07) is 0.704. The van der Waals surface area contributed by atoms with E-state index in [0.29, 0.717) is 6.04 Å². The molecular formula is C15H26N2O. The second-order valence-corrected chi connectivity index (χ2v) is 6.58. The highest BCUT2D eigenvalue weighted by Gasteiger charge is 2.42. The highest BCUT2D eigenvalue weighted by molar-refractivity contribution is 5.83. The molecule has 3 nitrogen and oxygen atoms in total. The van der Waals surface area contributed by atoms with Gasteiger partial charge in [0.25, 0.3) is 0 Å². The van der Waals surface area contributed by atoms with E-state index in [-0.39, 0.29) is 17.5 Å². The van der Waals surface area contributed by atoms with Crippen LogP contribution in [0.25, 0.3) is 0 Å². The van der Waals surface area contributed by atoms with Crippen LogP contribution in [0.5, 0.6) is 0 Å². The van der Waals surface area contributed by atoms with E-state index < -0.39 is 0 Å². The normalized spacial score (nSPS) is 37.7. The Bertz CT molecular complexity index is 305. The Balaban J connectivity index is 1.57. The van der Waals surface area contributed by atoms with Crippen molar-refractivity contribution in [1.29, 1.82) is 0 Å². The second-order valence-electron chi connectivity index (χ2n) is 6.58. The Labute approximate surface area is 110 Å². The predicted octanol–water partition coefficient (Wildman–Crippen LogP) is 2.36. The number of rotatable bonds is 3. The van der Waals surface area contributed by atoms with Gasteiger partial charge in [-0.05, 0) is 50.9 Å². The quantitative estimate of drug-likeness (QED) is 0.807. The summed E-state index contributed by atoms with van der Waals surface area (Å²) in [4.78, 5) is 12.4. The van der Waals surface area contributed by atoms with Crippen molar-refractivity contribution in [1.82, 2.24) is 10.6 Å². The van der Waals surface area contributed by atoms with Crippen molar-refractivity contribution in [3.8, 4) is 0 Å². The molecule has 1 saturated heterocycles. The van der Waals surface area contributed by atoms with Crippen molar-refractivity contribution >= 4 is 5.91 Å². The molecule has 3 heteroatoms. The van der Waals surface area contributed by atoms with Gasteiger partial charge in [0.05, 0.1) is 6.04 Å². The van der Waals surface area contributed by atoms with Crippen LogP contribution in [0, 0.1) is 5.92 Å². The number of hydrogen-bond donors (Lipinski definition) is 2. The van der Waals surface area contributed by atoms with Gasteiger partial charge in [-0.15, -0.1) is 0 Å². The molecule has 1 aliphatic heterocycles. The van der Waals surface area contributed by atoms with Gasteiger partial charge in [0.15, 0.2) is 0 Å². The zero-order chi connectivity index (χ0) is 12.6. The van der Waals surface area contributed by atoms with Gasteiger partial charge in [0, 0.05) is 11.6 Å². The summed E-state index contributed by atoms with van der Waals surface area (Å²) in [5.41, 5.74) is 0.145. The summed E-state index contributed by atoms with van der Waals surface area (Å²) < 4.78 is 0. The molecule has 1 heterocycles. The van der Waals surface area contributed by atoms with Crippen LogP contribution in [-0.4, -0.2) is 23.5 Å². The third-order valence-corrected chi connectivity index (χ3v) is 5.56. The number of carbonyl (C=O) groups excluding carboxylic acids is 1. The van der Waals surface area contributed by atoms with E-state index >= 15 is 0 Å². The number of carbonyl (C=O) groups is 1. The molecule has 18 heavy (non-hydrogen) atoms. The lowest BCUT2D eigenvalue weighted by Gasteiger charge is -2.42. The van der Waals surface area contributed by atoms with Gasteiger partial charge < -0.3 is 10.6 Å². The summed E-state index contributed by atoms with van der Waals surface area (Å²) in [5, 5.41) is 6.91. The number of fused-ring (bicyclic) bond motifs is 1. The first-order chi connectivity index (χ1) is 8.72. The molecule has 0 bridgehead atoms. The molecule has 2 aliphatic carbocycles. The molecule has 0 aromatic rings. The topological polar surface area (TPSA) is 41.1 Å². The van der Waals surface area contributed by atoms with Gasteiger partial charge in [-0.1, -0.05) is 19.8 Å². The van der Waals surface area contributed by atoms with E-state index in [1.807, 2.05) is 0 Å². The van der Waals surface area contributed by atoms with Crippen molar-refractivity contribution < 1.29 is 4.79 Å². The zero-order valence-electron chi connectivity index (χ0n) is 11.5. The molecule has 2 N–H and O–H groups in total. The Kier molecular flexibility index (Phi) is 3.35. The van der Waals surface area contributed by atoms with Crippen LogP contribution >= 0.6 is 0 Å². The van der Waals surface area contributed by atoms with E-state index in [1.165, 1.54) is 44.9 Å². The number of amides is 1. The SMILES string of the molecule is CCC1(NC(=O)C2CC3CCCCC3N2)CCC1. The lowest BCUT2D eigenvalue weighted by Crippen LogP contribution is -2.57. The van der Waals surface area contributed by atoms with Crippen LogP contribution in [0.3, 0.4) is 0 Å². The maximum Gasteiger partial charge on any atom is 0.237 e. The molecule has 3 unspecified atom stereocenters. The molecule has 0 spiro atoms. The van der Waals surface area contributed by atoms with Crippen molar-refractivity contribution in [3.63, 3.8) is 0 Å². The third kappa shape index (κ3) is 2.18. The number of nitrogens with one attached hydrogen (secondary N) is 2. The summed E-state index contributed by atoms with van der Waals surface area (Å²) in [5.74, 6) is 1.03. The van der Waals surface area contributed by atoms with Crippen LogP contribution < -0.4 is 10.6 Å². The molecule has 1 amide bonds. The molecule has 0 aromatic heterocycles. The van der Waals surface area contributed by atoms with E-state index in [4.69, 9.17) is 0 Å². The molecule has 2 saturated carbocycles. The Morgan fingerprint density at radius 1 is 1.28 bits per heavy atom. The van der Waals surface area contributed by atoms with Crippen molar-refractivity contribution in [3.05, 3.63) is 0 Å².